The Morgan fingerprint density at radius 3 is 2.05 bits per heavy atom. The Bertz CT molecular complexity index is 2470. The molecule has 0 aliphatic carbocycles. The van der Waals surface area contributed by atoms with Gasteiger partial charge in [0, 0.05) is 38.3 Å². The molecule has 1 atom stereocenters. The number of likely N-dealkylation sites (tertiary alicyclic amines) is 1. The first-order valence-corrected chi connectivity index (χ1v) is 26.9. The van der Waals surface area contributed by atoms with E-state index in [0.717, 1.165) is 29.5 Å². The van der Waals surface area contributed by atoms with Gasteiger partial charge in [-0.2, -0.15) is 9.97 Å². The third kappa shape index (κ3) is 21.5. The van der Waals surface area contributed by atoms with Crippen LogP contribution in [-0.2, 0) is 67.3 Å². The summed E-state index contributed by atoms with van der Waals surface area (Å²) in [5.74, 6) is 3.75. The van der Waals surface area contributed by atoms with Gasteiger partial charge in [-0.05, 0) is 61.1 Å². The lowest BCUT2D eigenvalue weighted by atomic mass is 9.91. The number of ether oxygens (including phenoxy) is 7. The van der Waals surface area contributed by atoms with Crippen LogP contribution >= 0.6 is 0 Å². The zero-order valence-electron chi connectivity index (χ0n) is 45.6. The van der Waals surface area contributed by atoms with E-state index in [4.69, 9.17) is 50.5 Å². The molecule has 2 aromatic carbocycles. The molecule has 2 saturated heterocycles. The van der Waals surface area contributed by atoms with Gasteiger partial charge in [0.1, 0.15) is 23.8 Å². The lowest BCUT2D eigenvalue weighted by Crippen LogP contribution is -2.70. The molecule has 4 heterocycles. The molecule has 432 valence electrons. The summed E-state index contributed by atoms with van der Waals surface area (Å²) in [5, 5.41) is 8.12. The molecule has 4 aromatic rings. The van der Waals surface area contributed by atoms with Gasteiger partial charge in [0.05, 0.1) is 92.3 Å². The molecular weight excluding hydrogens is 1010 g/mol. The number of nitrogens with one attached hydrogen (secondary N) is 4. The zero-order chi connectivity index (χ0) is 56.0. The topological polar surface area (TPSA) is 326 Å². The molecule has 6 rings (SSSR count). The van der Waals surface area contributed by atoms with Crippen LogP contribution in [-0.4, -0.2) is 177 Å². The van der Waals surface area contributed by atoms with E-state index >= 15 is 0 Å². The van der Waals surface area contributed by atoms with Crippen molar-refractivity contribution < 1.29 is 57.2 Å². The van der Waals surface area contributed by atoms with E-state index in [9.17, 15) is 24.0 Å². The number of carbonyl (C=O) groups excluding carboxylic acids is 4. The number of aromatic nitrogens is 4. The summed E-state index contributed by atoms with van der Waals surface area (Å²) < 4.78 is 40.6. The minimum absolute atomic E-state index is 0.0236. The largest absolute Gasteiger partial charge is 0.463 e. The average molecular weight is 1100 g/mol. The number of hydrogen-bond acceptors (Lipinski definition) is 19. The van der Waals surface area contributed by atoms with Crippen molar-refractivity contribution in [3.63, 3.8) is 0 Å². The van der Waals surface area contributed by atoms with Gasteiger partial charge in [-0.1, -0.05) is 70.0 Å². The molecule has 0 bridgehead atoms. The number of amides is 4. The summed E-state index contributed by atoms with van der Waals surface area (Å²) in [6.07, 6.45) is 4.26. The number of aromatic amines is 1. The number of hydrogen-bond donors (Lipinski definition) is 7. The maximum Gasteiger partial charge on any atom is 0.410 e. The first-order chi connectivity index (χ1) is 37.9. The molecule has 1 spiro atoms. The molecule has 0 radical (unpaired) electrons. The van der Waals surface area contributed by atoms with Crippen molar-refractivity contribution in [2.75, 3.05) is 123 Å². The molecular formula is C53H82N12O13. The maximum absolute atomic E-state index is 13.4. The number of fused-ring (bicyclic) bond motifs is 1. The zero-order valence-corrected chi connectivity index (χ0v) is 45.6. The second-order valence-corrected chi connectivity index (χ2v) is 18.9. The molecule has 4 amide bonds. The first-order valence-electron chi connectivity index (χ1n) is 26.9. The summed E-state index contributed by atoms with van der Waals surface area (Å²) in [5.41, 5.74) is 14.9. The molecule has 10 N–H and O–H groups in total. The minimum Gasteiger partial charge on any atom is -0.463 e. The first kappa shape index (κ1) is 62.6. The molecule has 2 fully saturated rings. The fourth-order valence-corrected chi connectivity index (χ4v) is 8.27. The minimum atomic E-state index is -0.869. The molecule has 25 nitrogen and oxygen atoms in total. The van der Waals surface area contributed by atoms with Crippen molar-refractivity contribution in [2.24, 2.45) is 11.6 Å². The highest BCUT2D eigenvalue weighted by Crippen LogP contribution is 2.31. The predicted octanol–water partition coefficient (Wildman–Crippen LogP) is 2.58. The summed E-state index contributed by atoms with van der Waals surface area (Å²) in [6, 6.07) is 14.2. The molecule has 0 saturated carbocycles. The fraction of sp³-hybridized carbons (Fsp3) is 0.604. The number of unbranched alkanes of at least 4 members (excludes halogenated alkanes) is 2. The number of nitrogens with two attached hydrogens (primary N) is 3. The molecule has 78 heavy (non-hydrogen) atoms. The summed E-state index contributed by atoms with van der Waals surface area (Å²) in [7, 11) is 0. The monoisotopic (exact) mass is 1090 g/mol. The predicted molar refractivity (Wildman–Crippen MR) is 291 cm³/mol. The van der Waals surface area contributed by atoms with E-state index in [1.807, 2.05) is 24.3 Å². The molecule has 1 unspecified atom stereocenters. The van der Waals surface area contributed by atoms with Gasteiger partial charge in [0.15, 0.2) is 11.5 Å². The van der Waals surface area contributed by atoms with Crippen molar-refractivity contribution in [2.45, 2.75) is 97.1 Å². The normalized spacial score (nSPS) is 14.3. The Morgan fingerprint density at radius 2 is 1.41 bits per heavy atom. The van der Waals surface area contributed by atoms with Gasteiger partial charge in [-0.3, -0.25) is 23.9 Å². The number of nitrogens with zero attached hydrogens (tertiary/aromatic N) is 5. The number of nitrogen functional groups attached to an aromatic ring is 1. The number of benzene rings is 2. The Hall–Kier alpha value is -6.29. The van der Waals surface area contributed by atoms with E-state index in [1.165, 1.54) is 11.0 Å². The van der Waals surface area contributed by atoms with Crippen LogP contribution in [0.25, 0.3) is 11.2 Å². The van der Waals surface area contributed by atoms with E-state index < -0.39 is 29.6 Å². The van der Waals surface area contributed by atoms with E-state index in [0.29, 0.717) is 135 Å². The molecule has 2 aliphatic heterocycles. The van der Waals surface area contributed by atoms with Crippen LogP contribution in [0.15, 0.2) is 53.3 Å². The van der Waals surface area contributed by atoms with Crippen LogP contribution in [0.3, 0.4) is 0 Å². The van der Waals surface area contributed by atoms with E-state index in [-0.39, 0.29) is 62.8 Å². The highest BCUT2D eigenvalue weighted by molar-refractivity contribution is 5.97. The van der Waals surface area contributed by atoms with E-state index in [2.05, 4.69) is 61.4 Å². The summed E-state index contributed by atoms with van der Waals surface area (Å²) >= 11 is 0. The molecule has 2 aliphatic rings. The van der Waals surface area contributed by atoms with Gasteiger partial charge in [0.25, 0.3) is 0 Å². The number of morpholine rings is 1. The lowest BCUT2D eigenvalue weighted by Gasteiger charge is -2.53. The fourth-order valence-electron chi connectivity index (χ4n) is 8.27. The quantitative estimate of drug-likeness (QED) is 0.0261. The Kier molecular flexibility index (Phi) is 27.7. The van der Waals surface area contributed by atoms with Crippen LogP contribution in [0.1, 0.15) is 82.4 Å². The lowest BCUT2D eigenvalue weighted by molar-refractivity contribution is -0.181. The van der Waals surface area contributed by atoms with Crippen LogP contribution in [0.2, 0.25) is 0 Å². The SMILES string of the molecule is CCC.CCCCOc1nc(N)c2[nH]c(=O)n(Cc3ccc(CN4CC5(C4)CN(C(=O)OCc4ccc(NC(=O)C(CCCCN)NC(=O)CNC(=O)CCOCCOCCOCCOCCON)cc4)CCO5)cc3)c2n1. The summed E-state index contributed by atoms with van der Waals surface area (Å²) in [4.78, 5) is 84.4. The third-order valence-electron chi connectivity index (χ3n) is 12.2. The number of carbonyl (C=O) groups is 4. The van der Waals surface area contributed by atoms with Crippen LogP contribution in [0, 0.1) is 0 Å². The van der Waals surface area contributed by atoms with Gasteiger partial charge in [-0.25, -0.2) is 15.5 Å². The van der Waals surface area contributed by atoms with E-state index in [1.54, 1.807) is 29.2 Å². The second-order valence-electron chi connectivity index (χ2n) is 18.9. The van der Waals surface area contributed by atoms with Gasteiger partial charge in [0.2, 0.25) is 17.7 Å². The smallest absolute Gasteiger partial charge is 0.410 e. The van der Waals surface area contributed by atoms with Crippen molar-refractivity contribution in [3.8, 4) is 6.01 Å². The highest BCUT2D eigenvalue weighted by Gasteiger charge is 2.48. The average Bonchev–Trinajstić information content (AvgIpc) is 3.79. The maximum atomic E-state index is 13.4. The standard InChI is InChI=1S/C50H74N12O13.C3H8/c1-2-3-18-72-47-58-44(52)43-45(59-47)62(48(66)57-43)31-37-9-7-36(8-10-37)30-60-33-50(34-60)35-61(17-20-74-50)49(67)73-32-38-11-13-39(14-12-38)55-46(65)40(6-4-5-16-51)56-42(64)29-54-41(63)15-19-68-21-22-69-23-24-70-25-26-71-27-28-75-53;1-3-2/h7-14,40H,2-6,15-35,51,53H2,1H3,(H,54,63)(H,55,65)(H,56,64)(H,57,66)(H2,52,58,59);3H2,1-2H3. The van der Waals surface area contributed by atoms with Gasteiger partial charge < -0.3 is 75.3 Å². The second kappa shape index (κ2) is 34.6. The summed E-state index contributed by atoms with van der Waals surface area (Å²) in [6.45, 7) is 13.5. The Labute approximate surface area is 455 Å². The molecule has 25 heteroatoms. The van der Waals surface area contributed by atoms with Crippen LogP contribution in [0.5, 0.6) is 6.01 Å². The van der Waals surface area contributed by atoms with Crippen molar-refractivity contribution in [3.05, 3.63) is 75.7 Å². The van der Waals surface area contributed by atoms with Crippen molar-refractivity contribution in [1.82, 2.24) is 40.0 Å². The number of imidazole rings is 1. The van der Waals surface area contributed by atoms with Crippen LogP contribution in [0.4, 0.5) is 16.3 Å². The van der Waals surface area contributed by atoms with Gasteiger partial charge >= 0.3 is 17.8 Å². The Morgan fingerprint density at radius 1 is 0.782 bits per heavy atom. The molecule has 2 aromatic heterocycles. The number of anilines is 2. The Balaban J connectivity index is 0.00000365. The van der Waals surface area contributed by atoms with Crippen LogP contribution < -0.4 is 43.7 Å². The van der Waals surface area contributed by atoms with Crippen molar-refractivity contribution in [1.29, 1.82) is 0 Å². The number of H-pyrrole nitrogens is 1. The third-order valence-corrected chi connectivity index (χ3v) is 12.2. The van der Waals surface area contributed by atoms with Crippen molar-refractivity contribution >= 4 is 46.5 Å². The van der Waals surface area contributed by atoms with Gasteiger partial charge in [-0.15, -0.1) is 0 Å². The highest BCUT2D eigenvalue weighted by atomic mass is 16.6. The number of rotatable bonds is 34.